The number of hydrogen-bond acceptors (Lipinski definition) is 4. The van der Waals surface area contributed by atoms with Crippen molar-refractivity contribution in [1.29, 1.82) is 0 Å². The lowest BCUT2D eigenvalue weighted by Gasteiger charge is -2.39. The van der Waals surface area contributed by atoms with E-state index in [4.69, 9.17) is 9.47 Å². The van der Waals surface area contributed by atoms with Gasteiger partial charge in [0, 0.05) is 30.2 Å². The molecule has 1 saturated heterocycles. The summed E-state index contributed by atoms with van der Waals surface area (Å²) in [5, 5.41) is 0. The smallest absolute Gasteiger partial charge is 0.256 e. The number of amides is 1. The fourth-order valence-electron chi connectivity index (χ4n) is 3.97. The number of nitrogens with one attached hydrogen (secondary N) is 1. The Balaban J connectivity index is 1.51. The maximum atomic E-state index is 13.0. The van der Waals surface area contributed by atoms with E-state index in [1.807, 2.05) is 43.0 Å². The second-order valence-electron chi connectivity index (χ2n) is 6.79. The molecule has 6 heteroatoms. The first-order valence-electron chi connectivity index (χ1n) is 8.80. The average molecular weight is 341 g/mol. The molecular formula is C19H23N3O3. The lowest BCUT2D eigenvalue weighted by molar-refractivity contribution is -0.0793. The first-order chi connectivity index (χ1) is 12.1. The second-order valence-corrected chi connectivity index (χ2v) is 6.79. The monoisotopic (exact) mass is 341 g/mol. The van der Waals surface area contributed by atoms with Gasteiger partial charge in [0.05, 0.1) is 18.2 Å². The molecule has 0 bridgehead atoms. The molecule has 0 radical (unpaired) electrons. The summed E-state index contributed by atoms with van der Waals surface area (Å²) >= 11 is 0. The fraction of sp³-hybridized carbons (Fsp3) is 0.474. The minimum Gasteiger partial charge on any atom is -0.471 e. The minimum atomic E-state index is -0.0972. The molecule has 3 heterocycles. The summed E-state index contributed by atoms with van der Waals surface area (Å²) < 4.78 is 12.0. The summed E-state index contributed by atoms with van der Waals surface area (Å²) in [6.45, 7) is 5.08. The van der Waals surface area contributed by atoms with Gasteiger partial charge in [0.2, 0.25) is 5.88 Å². The topological polar surface area (TPSA) is 67.5 Å². The Labute approximate surface area is 147 Å². The number of pyridine rings is 1. The van der Waals surface area contributed by atoms with Gasteiger partial charge in [0.1, 0.15) is 12.2 Å². The second kappa shape index (κ2) is 6.52. The lowest BCUT2D eigenvalue weighted by Crippen LogP contribution is -2.54. The predicted molar refractivity (Wildman–Crippen MR) is 92.7 cm³/mol. The molecule has 0 spiro atoms. The largest absolute Gasteiger partial charge is 0.471 e. The van der Waals surface area contributed by atoms with Crippen LogP contribution in [0.2, 0.25) is 0 Å². The van der Waals surface area contributed by atoms with Crippen molar-refractivity contribution in [3.8, 4) is 5.88 Å². The molecule has 2 fully saturated rings. The third kappa shape index (κ3) is 3.02. The molecule has 0 aromatic carbocycles. The van der Waals surface area contributed by atoms with Gasteiger partial charge in [0.15, 0.2) is 0 Å². The molecule has 132 valence electrons. The molecular weight excluding hydrogens is 318 g/mol. The lowest BCUT2D eigenvalue weighted by atomic mass is 10.1. The molecule has 3 atom stereocenters. The Morgan fingerprint density at radius 2 is 2.24 bits per heavy atom. The number of carbonyl (C=O) groups is 1. The van der Waals surface area contributed by atoms with E-state index in [1.165, 1.54) is 0 Å². The Morgan fingerprint density at radius 3 is 2.96 bits per heavy atom. The zero-order valence-corrected chi connectivity index (χ0v) is 14.6. The van der Waals surface area contributed by atoms with Gasteiger partial charge in [-0.3, -0.25) is 4.79 Å². The van der Waals surface area contributed by atoms with Crippen LogP contribution in [0.4, 0.5) is 0 Å². The number of morpholine rings is 1. The number of H-pyrrole nitrogens is 1. The summed E-state index contributed by atoms with van der Waals surface area (Å²) in [5.74, 6) is 0.691. The van der Waals surface area contributed by atoms with Gasteiger partial charge in [0.25, 0.3) is 5.91 Å². The van der Waals surface area contributed by atoms with Crippen LogP contribution >= 0.6 is 0 Å². The van der Waals surface area contributed by atoms with E-state index in [0.717, 1.165) is 29.8 Å². The Bertz CT molecular complexity index is 759. The first kappa shape index (κ1) is 16.1. The zero-order valence-electron chi connectivity index (χ0n) is 14.6. The predicted octanol–water partition coefficient (Wildman–Crippen LogP) is 2.48. The molecule has 0 unspecified atom stereocenters. The van der Waals surface area contributed by atoms with Crippen LogP contribution in [0.15, 0.2) is 30.5 Å². The number of aromatic nitrogens is 2. The molecule has 1 N–H and O–H groups in total. The van der Waals surface area contributed by atoms with Crippen molar-refractivity contribution in [1.82, 2.24) is 14.9 Å². The van der Waals surface area contributed by atoms with Gasteiger partial charge in [-0.2, -0.15) is 0 Å². The molecule has 4 rings (SSSR count). The third-order valence-electron chi connectivity index (χ3n) is 5.09. The van der Waals surface area contributed by atoms with Gasteiger partial charge < -0.3 is 19.4 Å². The van der Waals surface area contributed by atoms with E-state index in [0.29, 0.717) is 19.0 Å². The summed E-state index contributed by atoms with van der Waals surface area (Å²) in [6.07, 6.45) is 3.30. The summed E-state index contributed by atoms with van der Waals surface area (Å²) in [5.41, 5.74) is 2.69. The average Bonchev–Trinajstić information content (AvgIpc) is 3.18. The number of ether oxygens (including phenoxy) is 2. The quantitative estimate of drug-likeness (QED) is 0.931. The SMILES string of the molecule is Cc1cc(C(=O)N2CCO[C@H]3[C@H]2CC[C@H]3Oc2ccccn2)c(C)[nH]1. The number of aryl methyl sites for hydroxylation is 2. The van der Waals surface area contributed by atoms with E-state index in [9.17, 15) is 4.79 Å². The van der Waals surface area contributed by atoms with Crippen LogP contribution in [0.1, 0.15) is 34.6 Å². The van der Waals surface area contributed by atoms with Crippen molar-refractivity contribution in [2.24, 2.45) is 0 Å². The maximum Gasteiger partial charge on any atom is 0.256 e. The Hall–Kier alpha value is -2.34. The van der Waals surface area contributed by atoms with Crippen LogP contribution in [0.5, 0.6) is 5.88 Å². The molecule has 1 amide bonds. The zero-order chi connectivity index (χ0) is 17.4. The molecule has 25 heavy (non-hydrogen) atoms. The van der Waals surface area contributed by atoms with Crippen LogP contribution in [-0.2, 0) is 4.74 Å². The standard InChI is InChI=1S/C19H23N3O3/c1-12-11-14(13(2)21-12)19(23)22-9-10-24-18-15(22)6-7-16(18)25-17-5-3-4-8-20-17/h3-5,8,11,15-16,18,21H,6-7,9-10H2,1-2H3/t15-,16-,18+/m1/s1. The fourth-order valence-corrected chi connectivity index (χ4v) is 3.97. The highest BCUT2D eigenvalue weighted by atomic mass is 16.5. The molecule has 1 aliphatic heterocycles. The maximum absolute atomic E-state index is 13.0. The van der Waals surface area contributed by atoms with Gasteiger partial charge in [-0.15, -0.1) is 0 Å². The van der Waals surface area contributed by atoms with Crippen molar-refractivity contribution in [3.05, 3.63) is 47.4 Å². The number of hydrogen-bond donors (Lipinski definition) is 1. The van der Waals surface area contributed by atoms with Crippen LogP contribution < -0.4 is 4.74 Å². The van der Waals surface area contributed by atoms with Crippen LogP contribution in [-0.4, -0.2) is 52.2 Å². The highest BCUT2D eigenvalue weighted by Crippen LogP contribution is 2.33. The van der Waals surface area contributed by atoms with Gasteiger partial charge in [-0.1, -0.05) is 6.07 Å². The van der Waals surface area contributed by atoms with Gasteiger partial charge in [-0.25, -0.2) is 4.98 Å². The number of aromatic amines is 1. The van der Waals surface area contributed by atoms with E-state index < -0.39 is 0 Å². The van der Waals surface area contributed by atoms with Crippen molar-refractivity contribution in [2.45, 2.75) is 44.9 Å². The Morgan fingerprint density at radius 1 is 1.36 bits per heavy atom. The molecule has 2 aromatic heterocycles. The molecule has 1 saturated carbocycles. The third-order valence-corrected chi connectivity index (χ3v) is 5.09. The van der Waals surface area contributed by atoms with E-state index in [1.54, 1.807) is 6.20 Å². The van der Waals surface area contributed by atoms with Crippen LogP contribution in [0, 0.1) is 13.8 Å². The molecule has 2 aliphatic rings. The van der Waals surface area contributed by atoms with Crippen LogP contribution in [0.25, 0.3) is 0 Å². The van der Waals surface area contributed by atoms with Crippen molar-refractivity contribution in [3.63, 3.8) is 0 Å². The molecule has 6 nitrogen and oxygen atoms in total. The summed E-state index contributed by atoms with van der Waals surface area (Å²) in [6, 6.07) is 7.61. The van der Waals surface area contributed by atoms with Gasteiger partial charge >= 0.3 is 0 Å². The van der Waals surface area contributed by atoms with Gasteiger partial charge in [-0.05, 0) is 38.8 Å². The van der Waals surface area contributed by atoms with E-state index >= 15 is 0 Å². The number of carbonyl (C=O) groups excluding carboxylic acids is 1. The molecule has 1 aliphatic carbocycles. The van der Waals surface area contributed by atoms with Crippen molar-refractivity contribution >= 4 is 5.91 Å². The first-order valence-corrected chi connectivity index (χ1v) is 8.80. The van der Waals surface area contributed by atoms with E-state index in [2.05, 4.69) is 9.97 Å². The Kier molecular flexibility index (Phi) is 4.21. The molecule has 2 aromatic rings. The van der Waals surface area contributed by atoms with Crippen molar-refractivity contribution < 1.29 is 14.3 Å². The highest BCUT2D eigenvalue weighted by molar-refractivity contribution is 5.96. The van der Waals surface area contributed by atoms with Crippen molar-refractivity contribution in [2.75, 3.05) is 13.2 Å². The normalized spacial score (nSPS) is 25.7. The number of rotatable bonds is 3. The van der Waals surface area contributed by atoms with E-state index in [-0.39, 0.29) is 24.2 Å². The number of nitrogens with zero attached hydrogens (tertiary/aromatic N) is 2. The minimum absolute atomic E-state index is 0.0598. The number of fused-ring (bicyclic) bond motifs is 1. The summed E-state index contributed by atoms with van der Waals surface area (Å²) in [7, 11) is 0. The highest BCUT2D eigenvalue weighted by Gasteiger charge is 2.46. The summed E-state index contributed by atoms with van der Waals surface area (Å²) in [4.78, 5) is 22.5. The van der Waals surface area contributed by atoms with Crippen LogP contribution in [0.3, 0.4) is 0 Å².